The molecule has 1 N–H and O–H groups in total. The quantitative estimate of drug-likeness (QED) is 0.523. The number of aromatic nitrogens is 2. The molecule has 1 aliphatic heterocycles. The van der Waals surface area contributed by atoms with Crippen molar-refractivity contribution in [2.24, 2.45) is 5.92 Å². The normalized spacial score (nSPS) is 16.8. The van der Waals surface area contributed by atoms with Crippen molar-refractivity contribution in [1.82, 2.24) is 19.8 Å². The molecule has 1 aromatic heterocycles. The number of hydrogen-bond donors (Lipinski definition) is 1. The molecule has 1 atom stereocenters. The molecule has 7 heteroatoms. The third kappa shape index (κ3) is 5.91. The summed E-state index contributed by atoms with van der Waals surface area (Å²) < 4.78 is 2.11. The van der Waals surface area contributed by atoms with E-state index in [1.54, 1.807) is 0 Å². The van der Waals surface area contributed by atoms with Gasteiger partial charge in [0.15, 0.2) is 0 Å². The van der Waals surface area contributed by atoms with Crippen molar-refractivity contribution in [3.05, 3.63) is 87.4 Å². The van der Waals surface area contributed by atoms with Gasteiger partial charge in [-0.25, -0.2) is 4.98 Å². The molecule has 0 radical (unpaired) electrons. The lowest BCUT2D eigenvalue weighted by atomic mass is 9.96. The highest BCUT2D eigenvalue weighted by atomic mass is 35.5. The summed E-state index contributed by atoms with van der Waals surface area (Å²) in [7, 11) is 0. The standard InChI is InChI=1S/C25H28Cl2N4O/c1-18-28-10-12-31(18)16-20-6-4-19(5-7-20)14-29-25(32)22-3-2-11-30(17-22)15-21-8-9-23(26)24(27)13-21/h4-10,12-13,22H,2-3,11,14-17H2,1H3,(H,29,32). The number of likely N-dealkylation sites (tertiary alicyclic amines) is 1. The Balaban J connectivity index is 1.27. The highest BCUT2D eigenvalue weighted by molar-refractivity contribution is 6.42. The molecular formula is C25H28Cl2N4O. The van der Waals surface area contributed by atoms with Gasteiger partial charge in [0, 0.05) is 38.6 Å². The predicted octanol–water partition coefficient (Wildman–Crippen LogP) is 5.08. The molecule has 1 amide bonds. The first-order chi connectivity index (χ1) is 15.5. The fourth-order valence-electron chi connectivity index (χ4n) is 4.17. The SMILES string of the molecule is Cc1nccn1Cc1ccc(CNC(=O)C2CCCN(Cc3ccc(Cl)c(Cl)c3)C2)cc1. The van der Waals surface area contributed by atoms with Gasteiger partial charge in [0.05, 0.1) is 16.0 Å². The summed E-state index contributed by atoms with van der Waals surface area (Å²) >= 11 is 12.2. The average Bonchev–Trinajstić information content (AvgIpc) is 3.20. The number of piperidine rings is 1. The van der Waals surface area contributed by atoms with E-state index in [2.05, 4.69) is 44.0 Å². The Kier molecular flexibility index (Phi) is 7.51. The maximum atomic E-state index is 12.8. The van der Waals surface area contributed by atoms with E-state index in [-0.39, 0.29) is 11.8 Å². The highest BCUT2D eigenvalue weighted by Gasteiger charge is 2.25. The van der Waals surface area contributed by atoms with Gasteiger partial charge in [0.2, 0.25) is 5.91 Å². The number of hydrogen-bond acceptors (Lipinski definition) is 3. The van der Waals surface area contributed by atoms with Gasteiger partial charge in [0.1, 0.15) is 5.82 Å². The molecule has 1 aliphatic rings. The van der Waals surface area contributed by atoms with Gasteiger partial charge < -0.3 is 9.88 Å². The Morgan fingerprint density at radius 2 is 1.81 bits per heavy atom. The number of nitrogens with one attached hydrogen (secondary N) is 1. The van der Waals surface area contributed by atoms with Crippen molar-refractivity contribution >= 4 is 29.1 Å². The van der Waals surface area contributed by atoms with Crippen molar-refractivity contribution in [2.45, 2.75) is 39.4 Å². The molecule has 3 aromatic rings. The van der Waals surface area contributed by atoms with Gasteiger partial charge in [-0.05, 0) is 55.1 Å². The second-order valence-electron chi connectivity index (χ2n) is 8.46. The Labute approximate surface area is 199 Å². The van der Waals surface area contributed by atoms with Gasteiger partial charge in [-0.15, -0.1) is 0 Å². The van der Waals surface area contributed by atoms with Gasteiger partial charge in [-0.3, -0.25) is 9.69 Å². The van der Waals surface area contributed by atoms with E-state index in [0.717, 1.165) is 56.0 Å². The minimum Gasteiger partial charge on any atom is -0.352 e. The van der Waals surface area contributed by atoms with Gasteiger partial charge in [0.25, 0.3) is 0 Å². The molecule has 1 fully saturated rings. The van der Waals surface area contributed by atoms with Crippen LogP contribution in [0.1, 0.15) is 35.4 Å². The Hall–Kier alpha value is -2.34. The van der Waals surface area contributed by atoms with Gasteiger partial charge in [-0.2, -0.15) is 0 Å². The summed E-state index contributed by atoms with van der Waals surface area (Å²) in [6.07, 6.45) is 5.74. The van der Waals surface area contributed by atoms with Gasteiger partial charge in [-0.1, -0.05) is 53.5 Å². The summed E-state index contributed by atoms with van der Waals surface area (Å²) in [6, 6.07) is 14.1. The number of halogens is 2. The number of nitrogens with zero attached hydrogens (tertiary/aromatic N) is 3. The zero-order valence-electron chi connectivity index (χ0n) is 18.2. The maximum absolute atomic E-state index is 12.8. The molecular weight excluding hydrogens is 443 g/mol. The number of carbonyl (C=O) groups excluding carboxylic acids is 1. The van der Waals surface area contributed by atoms with Crippen LogP contribution in [0.2, 0.25) is 10.0 Å². The van der Waals surface area contributed by atoms with E-state index in [9.17, 15) is 4.79 Å². The van der Waals surface area contributed by atoms with E-state index < -0.39 is 0 Å². The monoisotopic (exact) mass is 470 g/mol. The van der Waals surface area contributed by atoms with Crippen molar-refractivity contribution in [1.29, 1.82) is 0 Å². The van der Waals surface area contributed by atoms with E-state index in [0.29, 0.717) is 16.6 Å². The molecule has 2 aromatic carbocycles. The third-order valence-electron chi connectivity index (χ3n) is 6.03. The Bertz CT molecular complexity index is 1060. The van der Waals surface area contributed by atoms with Crippen molar-refractivity contribution in [3.63, 3.8) is 0 Å². The molecule has 1 saturated heterocycles. The lowest BCUT2D eigenvalue weighted by Crippen LogP contribution is -2.42. The van der Waals surface area contributed by atoms with E-state index in [4.69, 9.17) is 23.2 Å². The minimum absolute atomic E-state index is 0.00927. The van der Waals surface area contributed by atoms with Crippen molar-refractivity contribution < 1.29 is 4.79 Å². The number of benzene rings is 2. The number of amides is 1. The minimum atomic E-state index is 0.00927. The van der Waals surface area contributed by atoms with Crippen LogP contribution in [-0.2, 0) is 24.4 Å². The zero-order chi connectivity index (χ0) is 22.5. The molecule has 1 unspecified atom stereocenters. The molecule has 0 saturated carbocycles. The smallest absolute Gasteiger partial charge is 0.224 e. The maximum Gasteiger partial charge on any atom is 0.224 e. The molecule has 32 heavy (non-hydrogen) atoms. The summed E-state index contributed by atoms with van der Waals surface area (Å²) in [6.45, 7) is 5.87. The van der Waals surface area contributed by atoms with Crippen molar-refractivity contribution in [2.75, 3.05) is 13.1 Å². The van der Waals surface area contributed by atoms with E-state index in [1.807, 2.05) is 37.5 Å². The van der Waals surface area contributed by atoms with Crippen LogP contribution >= 0.6 is 23.2 Å². The molecule has 0 spiro atoms. The van der Waals surface area contributed by atoms with Crippen LogP contribution in [0.5, 0.6) is 0 Å². The Morgan fingerprint density at radius 1 is 1.06 bits per heavy atom. The highest BCUT2D eigenvalue weighted by Crippen LogP contribution is 2.25. The summed E-state index contributed by atoms with van der Waals surface area (Å²) in [5, 5.41) is 4.26. The molecule has 4 rings (SSSR count). The fraction of sp³-hybridized carbons (Fsp3) is 0.360. The largest absolute Gasteiger partial charge is 0.352 e. The van der Waals surface area contributed by atoms with Crippen LogP contribution in [0.4, 0.5) is 0 Å². The number of aryl methyl sites for hydroxylation is 1. The summed E-state index contributed by atoms with van der Waals surface area (Å²) in [4.78, 5) is 19.4. The second kappa shape index (κ2) is 10.5. The van der Waals surface area contributed by atoms with Crippen molar-refractivity contribution in [3.8, 4) is 0 Å². The summed E-state index contributed by atoms with van der Waals surface area (Å²) in [5.41, 5.74) is 3.44. The average molecular weight is 471 g/mol. The number of carbonyl (C=O) groups is 1. The van der Waals surface area contributed by atoms with Crippen LogP contribution in [0.25, 0.3) is 0 Å². The van der Waals surface area contributed by atoms with Crippen LogP contribution in [0.3, 0.4) is 0 Å². The molecule has 0 aliphatic carbocycles. The Morgan fingerprint density at radius 3 is 2.53 bits per heavy atom. The van der Waals surface area contributed by atoms with Crippen LogP contribution < -0.4 is 5.32 Å². The lowest BCUT2D eigenvalue weighted by Gasteiger charge is -2.32. The number of imidazole rings is 1. The second-order valence-corrected chi connectivity index (χ2v) is 9.27. The predicted molar refractivity (Wildman–Crippen MR) is 129 cm³/mol. The molecule has 0 bridgehead atoms. The molecule has 168 valence electrons. The first kappa shape index (κ1) is 22.8. The third-order valence-corrected chi connectivity index (χ3v) is 6.77. The first-order valence-electron chi connectivity index (χ1n) is 11.0. The van der Waals surface area contributed by atoms with Crippen LogP contribution in [0, 0.1) is 12.8 Å². The fourth-order valence-corrected chi connectivity index (χ4v) is 4.49. The topological polar surface area (TPSA) is 50.2 Å². The van der Waals surface area contributed by atoms with E-state index >= 15 is 0 Å². The summed E-state index contributed by atoms with van der Waals surface area (Å²) in [5.74, 6) is 1.14. The molecule has 2 heterocycles. The zero-order valence-corrected chi connectivity index (χ0v) is 19.7. The van der Waals surface area contributed by atoms with E-state index in [1.165, 1.54) is 5.56 Å². The van der Waals surface area contributed by atoms with Gasteiger partial charge >= 0.3 is 0 Å². The first-order valence-corrected chi connectivity index (χ1v) is 11.7. The number of rotatable bonds is 7. The van der Waals surface area contributed by atoms with Crippen LogP contribution in [0.15, 0.2) is 54.9 Å². The van der Waals surface area contributed by atoms with Crippen LogP contribution in [-0.4, -0.2) is 33.4 Å². The molecule has 5 nitrogen and oxygen atoms in total. The lowest BCUT2D eigenvalue weighted by molar-refractivity contribution is -0.126.